The zero-order chi connectivity index (χ0) is 15.9. The van der Waals surface area contributed by atoms with Gasteiger partial charge in [0.25, 0.3) is 5.91 Å². The Kier molecular flexibility index (Phi) is 6.67. The third-order valence-electron chi connectivity index (χ3n) is 2.51. The van der Waals surface area contributed by atoms with Crippen LogP contribution in [0.1, 0.15) is 36.5 Å². The SMILES string of the molecule is CC(C)Cc1cc(C(=O)NCCCOCC(F)(F)F)n[nH]1. The predicted octanol–water partition coefficient (Wildman–Crippen LogP) is 2.31. The second-order valence-corrected chi connectivity index (χ2v) is 5.15. The highest BCUT2D eigenvalue weighted by Crippen LogP contribution is 2.14. The Morgan fingerprint density at radius 3 is 2.81 bits per heavy atom. The highest BCUT2D eigenvalue weighted by atomic mass is 19.4. The summed E-state index contributed by atoms with van der Waals surface area (Å²) in [5.74, 6) is 0.101. The van der Waals surface area contributed by atoms with Gasteiger partial charge in [-0.05, 0) is 24.8 Å². The van der Waals surface area contributed by atoms with Gasteiger partial charge < -0.3 is 10.1 Å². The molecule has 0 aliphatic rings. The molecule has 5 nitrogen and oxygen atoms in total. The number of rotatable bonds is 8. The standard InChI is InChI=1S/C13H20F3N3O2/c1-9(2)6-10-7-11(19-18-10)12(20)17-4-3-5-21-8-13(14,15)16/h7,9H,3-6,8H2,1-2H3,(H,17,20)(H,18,19). The summed E-state index contributed by atoms with van der Waals surface area (Å²) in [6, 6.07) is 1.68. The maximum absolute atomic E-state index is 11.8. The van der Waals surface area contributed by atoms with E-state index in [2.05, 4.69) is 34.1 Å². The summed E-state index contributed by atoms with van der Waals surface area (Å²) in [7, 11) is 0. The molecule has 0 spiro atoms. The molecular weight excluding hydrogens is 287 g/mol. The van der Waals surface area contributed by atoms with Crippen LogP contribution in [-0.2, 0) is 11.2 Å². The fraction of sp³-hybridized carbons (Fsp3) is 0.692. The van der Waals surface area contributed by atoms with Gasteiger partial charge in [-0.15, -0.1) is 0 Å². The quantitative estimate of drug-likeness (QED) is 0.724. The number of nitrogens with one attached hydrogen (secondary N) is 2. The van der Waals surface area contributed by atoms with Crippen molar-refractivity contribution in [1.29, 1.82) is 0 Å². The van der Waals surface area contributed by atoms with E-state index in [9.17, 15) is 18.0 Å². The molecule has 0 saturated carbocycles. The second-order valence-electron chi connectivity index (χ2n) is 5.15. The van der Waals surface area contributed by atoms with E-state index >= 15 is 0 Å². The van der Waals surface area contributed by atoms with E-state index in [1.807, 2.05) is 0 Å². The van der Waals surface area contributed by atoms with Gasteiger partial charge in [-0.25, -0.2) is 0 Å². The molecule has 120 valence electrons. The molecule has 0 fully saturated rings. The average Bonchev–Trinajstić information content (AvgIpc) is 2.79. The van der Waals surface area contributed by atoms with Crippen molar-refractivity contribution in [3.8, 4) is 0 Å². The van der Waals surface area contributed by atoms with Crippen LogP contribution in [0.15, 0.2) is 6.07 Å². The van der Waals surface area contributed by atoms with E-state index < -0.39 is 12.8 Å². The molecule has 0 saturated heterocycles. The van der Waals surface area contributed by atoms with Gasteiger partial charge in [0.1, 0.15) is 12.3 Å². The number of aromatic nitrogens is 2. The predicted molar refractivity (Wildman–Crippen MR) is 71.0 cm³/mol. The monoisotopic (exact) mass is 307 g/mol. The lowest BCUT2D eigenvalue weighted by atomic mass is 10.1. The minimum atomic E-state index is -4.31. The Labute approximate surface area is 121 Å². The molecule has 1 heterocycles. The molecule has 0 aromatic carbocycles. The van der Waals surface area contributed by atoms with Crippen molar-refractivity contribution in [3.05, 3.63) is 17.5 Å². The zero-order valence-corrected chi connectivity index (χ0v) is 12.1. The minimum Gasteiger partial charge on any atom is -0.372 e. The molecule has 1 aromatic rings. The number of amides is 1. The number of hydrogen-bond donors (Lipinski definition) is 2. The summed E-state index contributed by atoms with van der Waals surface area (Å²) in [5, 5.41) is 9.26. The highest BCUT2D eigenvalue weighted by Gasteiger charge is 2.27. The topological polar surface area (TPSA) is 67.0 Å². The van der Waals surface area contributed by atoms with Crippen molar-refractivity contribution in [2.24, 2.45) is 5.92 Å². The first-order valence-corrected chi connectivity index (χ1v) is 6.75. The van der Waals surface area contributed by atoms with E-state index in [4.69, 9.17) is 0 Å². The lowest BCUT2D eigenvalue weighted by Gasteiger charge is -2.07. The maximum atomic E-state index is 11.8. The summed E-state index contributed by atoms with van der Waals surface area (Å²) in [6.45, 7) is 3.03. The largest absolute Gasteiger partial charge is 0.411 e. The minimum absolute atomic E-state index is 0.0566. The number of carbonyl (C=O) groups is 1. The van der Waals surface area contributed by atoms with Crippen molar-refractivity contribution in [1.82, 2.24) is 15.5 Å². The fourth-order valence-corrected chi connectivity index (χ4v) is 1.68. The highest BCUT2D eigenvalue weighted by molar-refractivity contribution is 5.92. The van der Waals surface area contributed by atoms with Crippen LogP contribution >= 0.6 is 0 Å². The maximum Gasteiger partial charge on any atom is 0.411 e. The molecule has 0 aliphatic heterocycles. The van der Waals surface area contributed by atoms with Gasteiger partial charge in [0.2, 0.25) is 0 Å². The third-order valence-corrected chi connectivity index (χ3v) is 2.51. The van der Waals surface area contributed by atoms with Crippen LogP contribution < -0.4 is 5.32 Å². The molecule has 0 aliphatic carbocycles. The summed E-state index contributed by atoms with van der Waals surface area (Å²) < 4.78 is 39.8. The van der Waals surface area contributed by atoms with Crippen LogP contribution in [0, 0.1) is 5.92 Å². The molecule has 0 atom stereocenters. The van der Waals surface area contributed by atoms with Crippen molar-refractivity contribution < 1.29 is 22.7 Å². The first-order valence-electron chi connectivity index (χ1n) is 6.75. The van der Waals surface area contributed by atoms with Gasteiger partial charge in [-0.3, -0.25) is 9.89 Å². The van der Waals surface area contributed by atoms with Crippen molar-refractivity contribution in [2.75, 3.05) is 19.8 Å². The Bertz CT molecular complexity index is 444. The molecule has 1 amide bonds. The molecule has 0 unspecified atom stereocenters. The smallest absolute Gasteiger partial charge is 0.372 e. The number of halogens is 3. The second kappa shape index (κ2) is 8.02. The number of carbonyl (C=O) groups excluding carboxylic acids is 1. The number of ether oxygens (including phenoxy) is 1. The number of alkyl halides is 3. The van der Waals surface area contributed by atoms with Crippen LogP contribution in [0.25, 0.3) is 0 Å². The van der Waals surface area contributed by atoms with E-state index in [0.717, 1.165) is 12.1 Å². The molecule has 1 aromatic heterocycles. The van der Waals surface area contributed by atoms with Crippen LogP contribution in [0.2, 0.25) is 0 Å². The summed E-state index contributed by atoms with van der Waals surface area (Å²) in [5.41, 5.74) is 1.16. The third kappa shape index (κ3) is 7.69. The number of hydrogen-bond acceptors (Lipinski definition) is 3. The van der Waals surface area contributed by atoms with Crippen LogP contribution in [0.4, 0.5) is 13.2 Å². The fourth-order valence-electron chi connectivity index (χ4n) is 1.68. The Morgan fingerprint density at radius 1 is 1.48 bits per heavy atom. The van der Waals surface area contributed by atoms with Crippen molar-refractivity contribution >= 4 is 5.91 Å². The lowest BCUT2D eigenvalue weighted by molar-refractivity contribution is -0.173. The van der Waals surface area contributed by atoms with E-state index in [1.165, 1.54) is 0 Å². The first kappa shape index (κ1) is 17.5. The first-order chi connectivity index (χ1) is 9.78. The van der Waals surface area contributed by atoms with Gasteiger partial charge in [0, 0.05) is 18.8 Å². The molecule has 1 rings (SSSR count). The molecular formula is C13H20F3N3O2. The van der Waals surface area contributed by atoms with Gasteiger partial charge in [-0.2, -0.15) is 18.3 Å². The molecule has 0 radical (unpaired) electrons. The molecule has 0 bridgehead atoms. The number of nitrogens with zero attached hydrogens (tertiary/aromatic N) is 1. The van der Waals surface area contributed by atoms with Crippen molar-refractivity contribution in [3.63, 3.8) is 0 Å². The average molecular weight is 307 g/mol. The molecule has 2 N–H and O–H groups in total. The normalized spacial score (nSPS) is 11.9. The Hall–Kier alpha value is -1.57. The summed E-state index contributed by atoms with van der Waals surface area (Å²) in [4.78, 5) is 11.7. The van der Waals surface area contributed by atoms with E-state index in [-0.39, 0.29) is 24.8 Å². The van der Waals surface area contributed by atoms with E-state index in [1.54, 1.807) is 6.07 Å². The van der Waals surface area contributed by atoms with Crippen LogP contribution in [0.5, 0.6) is 0 Å². The Morgan fingerprint density at radius 2 is 2.19 bits per heavy atom. The number of H-pyrrole nitrogens is 1. The summed E-state index contributed by atoms with van der Waals surface area (Å²) in [6.07, 6.45) is -3.21. The molecule has 8 heteroatoms. The van der Waals surface area contributed by atoms with Gasteiger partial charge in [0.05, 0.1) is 0 Å². The molecule has 21 heavy (non-hydrogen) atoms. The van der Waals surface area contributed by atoms with Gasteiger partial charge >= 0.3 is 6.18 Å². The van der Waals surface area contributed by atoms with Gasteiger partial charge in [0.15, 0.2) is 0 Å². The zero-order valence-electron chi connectivity index (χ0n) is 12.1. The Balaban J connectivity index is 2.20. The summed E-state index contributed by atoms with van der Waals surface area (Å²) >= 11 is 0. The van der Waals surface area contributed by atoms with E-state index in [0.29, 0.717) is 12.3 Å². The lowest BCUT2D eigenvalue weighted by Crippen LogP contribution is -2.26. The number of aromatic amines is 1. The van der Waals surface area contributed by atoms with Gasteiger partial charge in [-0.1, -0.05) is 13.8 Å². The van der Waals surface area contributed by atoms with Crippen molar-refractivity contribution in [2.45, 2.75) is 32.9 Å². The van der Waals surface area contributed by atoms with Crippen LogP contribution in [-0.4, -0.2) is 42.0 Å². The van der Waals surface area contributed by atoms with Crippen LogP contribution in [0.3, 0.4) is 0 Å².